The van der Waals surface area contributed by atoms with Crippen LogP contribution in [0.3, 0.4) is 0 Å². The summed E-state index contributed by atoms with van der Waals surface area (Å²) >= 11 is 0. The normalized spacial score (nSPS) is 20.1. The number of hydrogen-bond acceptors (Lipinski definition) is 4. The first-order chi connectivity index (χ1) is 10.5. The number of rotatable bonds is 6. The molecule has 22 heavy (non-hydrogen) atoms. The number of nitrogens with two attached hydrogens (primary N) is 1. The Bertz CT molecular complexity index is 470. The van der Waals surface area contributed by atoms with Gasteiger partial charge in [0.15, 0.2) is 0 Å². The smallest absolute Gasteiger partial charge is 0.236 e. The second kappa shape index (κ2) is 7.72. The van der Waals surface area contributed by atoms with E-state index in [4.69, 9.17) is 10.5 Å². The van der Waals surface area contributed by atoms with Crippen LogP contribution in [0.1, 0.15) is 38.3 Å². The number of benzene rings is 1. The van der Waals surface area contributed by atoms with E-state index in [-0.39, 0.29) is 17.5 Å². The number of carbonyl (C=O) groups is 1. The maximum Gasteiger partial charge on any atom is 0.236 e. The van der Waals surface area contributed by atoms with Gasteiger partial charge in [-0.3, -0.25) is 4.79 Å². The van der Waals surface area contributed by atoms with Gasteiger partial charge in [-0.1, -0.05) is 30.3 Å². The van der Waals surface area contributed by atoms with E-state index < -0.39 is 6.04 Å². The van der Waals surface area contributed by atoms with Gasteiger partial charge in [-0.05, 0) is 32.3 Å². The molecular weight excluding hydrogens is 278 g/mol. The first-order valence-electron chi connectivity index (χ1n) is 7.96. The van der Waals surface area contributed by atoms with Gasteiger partial charge in [0.2, 0.25) is 5.91 Å². The van der Waals surface area contributed by atoms with Crippen LogP contribution in [0.25, 0.3) is 0 Å². The zero-order valence-corrected chi connectivity index (χ0v) is 13.5. The molecule has 1 saturated heterocycles. The van der Waals surface area contributed by atoms with Gasteiger partial charge in [0.05, 0.1) is 6.04 Å². The van der Waals surface area contributed by atoms with Crippen molar-refractivity contribution in [1.29, 1.82) is 0 Å². The molecule has 1 aromatic carbocycles. The van der Waals surface area contributed by atoms with Gasteiger partial charge in [-0.2, -0.15) is 0 Å². The minimum atomic E-state index is -0.483. The molecule has 0 radical (unpaired) electrons. The van der Waals surface area contributed by atoms with Crippen molar-refractivity contribution in [3.05, 3.63) is 35.9 Å². The molecular formula is C17H27N3O2. The highest BCUT2D eigenvalue weighted by atomic mass is 16.5. The van der Waals surface area contributed by atoms with Gasteiger partial charge in [0, 0.05) is 31.3 Å². The summed E-state index contributed by atoms with van der Waals surface area (Å²) in [5.41, 5.74) is 6.73. The lowest BCUT2D eigenvalue weighted by molar-refractivity contribution is -0.122. The quantitative estimate of drug-likeness (QED) is 0.741. The number of ether oxygens (including phenoxy) is 1. The highest BCUT2D eigenvalue weighted by Crippen LogP contribution is 2.25. The third-order valence-electron chi connectivity index (χ3n) is 4.29. The van der Waals surface area contributed by atoms with Crippen LogP contribution >= 0.6 is 0 Å². The fourth-order valence-corrected chi connectivity index (χ4v) is 2.84. The Kier molecular flexibility index (Phi) is 5.94. The van der Waals surface area contributed by atoms with E-state index in [2.05, 4.69) is 29.7 Å². The first kappa shape index (κ1) is 16.9. The Hall–Kier alpha value is -1.43. The zero-order valence-electron chi connectivity index (χ0n) is 13.5. The average Bonchev–Trinajstić information content (AvgIpc) is 2.54. The molecule has 1 amide bonds. The average molecular weight is 305 g/mol. The predicted molar refractivity (Wildman–Crippen MR) is 87.4 cm³/mol. The predicted octanol–water partition coefficient (Wildman–Crippen LogP) is 1.35. The molecule has 0 bridgehead atoms. The largest absolute Gasteiger partial charge is 0.381 e. The molecule has 2 atom stereocenters. The highest BCUT2D eigenvalue weighted by Gasteiger charge is 2.34. The van der Waals surface area contributed by atoms with Crippen molar-refractivity contribution < 1.29 is 9.53 Å². The Morgan fingerprint density at radius 1 is 1.27 bits per heavy atom. The van der Waals surface area contributed by atoms with Crippen molar-refractivity contribution in [2.75, 3.05) is 19.8 Å². The van der Waals surface area contributed by atoms with Crippen LogP contribution in [0.2, 0.25) is 0 Å². The lowest BCUT2D eigenvalue weighted by atomic mass is 9.88. The van der Waals surface area contributed by atoms with Gasteiger partial charge in [0.25, 0.3) is 0 Å². The van der Waals surface area contributed by atoms with Crippen LogP contribution in [0.15, 0.2) is 30.3 Å². The van der Waals surface area contributed by atoms with Crippen molar-refractivity contribution in [2.24, 2.45) is 5.73 Å². The van der Waals surface area contributed by atoms with Gasteiger partial charge < -0.3 is 21.1 Å². The Morgan fingerprint density at radius 3 is 2.50 bits per heavy atom. The number of nitrogens with one attached hydrogen (secondary N) is 2. The summed E-state index contributed by atoms with van der Waals surface area (Å²) in [4.78, 5) is 11.8. The number of carbonyl (C=O) groups excluding carboxylic acids is 1. The maximum absolute atomic E-state index is 11.8. The first-order valence-corrected chi connectivity index (χ1v) is 7.96. The van der Waals surface area contributed by atoms with Gasteiger partial charge in [-0.25, -0.2) is 0 Å². The summed E-state index contributed by atoms with van der Waals surface area (Å²) in [7, 11) is 0. The van der Waals surface area contributed by atoms with Gasteiger partial charge in [-0.15, -0.1) is 0 Å². The summed E-state index contributed by atoms with van der Waals surface area (Å²) in [5, 5.41) is 6.67. The van der Waals surface area contributed by atoms with E-state index in [1.807, 2.05) is 18.2 Å². The van der Waals surface area contributed by atoms with E-state index in [9.17, 15) is 4.79 Å². The van der Waals surface area contributed by atoms with Crippen LogP contribution < -0.4 is 16.4 Å². The van der Waals surface area contributed by atoms with Crippen LogP contribution in [0, 0.1) is 0 Å². The molecule has 1 fully saturated rings. The zero-order chi connectivity index (χ0) is 16.0. The van der Waals surface area contributed by atoms with Crippen molar-refractivity contribution in [3.8, 4) is 0 Å². The van der Waals surface area contributed by atoms with Crippen LogP contribution in [-0.2, 0) is 9.53 Å². The molecule has 5 heteroatoms. The van der Waals surface area contributed by atoms with E-state index in [0.717, 1.165) is 12.8 Å². The molecule has 1 heterocycles. The molecule has 0 saturated carbocycles. The monoisotopic (exact) mass is 305 g/mol. The minimum Gasteiger partial charge on any atom is -0.381 e. The van der Waals surface area contributed by atoms with E-state index in [0.29, 0.717) is 19.8 Å². The molecule has 0 aliphatic carbocycles. The third kappa shape index (κ3) is 4.53. The second-order valence-corrected chi connectivity index (χ2v) is 6.18. The van der Waals surface area contributed by atoms with Crippen LogP contribution in [0.4, 0.5) is 0 Å². The summed E-state index contributed by atoms with van der Waals surface area (Å²) in [5.74, 6) is -0.111. The molecule has 0 spiro atoms. The summed E-state index contributed by atoms with van der Waals surface area (Å²) in [6.45, 7) is 5.85. The number of hydrogen-bond donors (Lipinski definition) is 3. The molecule has 1 aliphatic heterocycles. The lowest BCUT2D eigenvalue weighted by Gasteiger charge is -2.40. The van der Waals surface area contributed by atoms with Crippen molar-refractivity contribution in [1.82, 2.24) is 10.6 Å². The SMILES string of the molecule is CC(NC1(CNC(=O)[C@@H](C)N)CCOCC1)c1ccccc1. The fraction of sp³-hybridized carbons (Fsp3) is 0.588. The van der Waals surface area contributed by atoms with Crippen LogP contribution in [-0.4, -0.2) is 37.2 Å². The van der Waals surface area contributed by atoms with Crippen LogP contribution in [0.5, 0.6) is 0 Å². The maximum atomic E-state index is 11.8. The van der Waals surface area contributed by atoms with Crippen molar-refractivity contribution in [2.45, 2.75) is 44.3 Å². The van der Waals surface area contributed by atoms with Gasteiger partial charge >= 0.3 is 0 Å². The van der Waals surface area contributed by atoms with E-state index in [1.165, 1.54) is 5.56 Å². The van der Waals surface area contributed by atoms with Crippen molar-refractivity contribution >= 4 is 5.91 Å². The summed E-state index contributed by atoms with van der Waals surface area (Å²) in [6, 6.07) is 10.1. The molecule has 2 rings (SSSR count). The number of amides is 1. The Labute approximate surface area is 132 Å². The molecule has 0 aromatic heterocycles. The minimum absolute atomic E-state index is 0.111. The lowest BCUT2D eigenvalue weighted by Crippen LogP contribution is -2.58. The second-order valence-electron chi connectivity index (χ2n) is 6.18. The summed E-state index contributed by atoms with van der Waals surface area (Å²) < 4.78 is 5.49. The molecule has 1 unspecified atom stereocenters. The van der Waals surface area contributed by atoms with Crippen molar-refractivity contribution in [3.63, 3.8) is 0 Å². The Balaban J connectivity index is 2.03. The third-order valence-corrected chi connectivity index (χ3v) is 4.29. The molecule has 5 nitrogen and oxygen atoms in total. The molecule has 4 N–H and O–H groups in total. The molecule has 1 aromatic rings. The topological polar surface area (TPSA) is 76.4 Å². The van der Waals surface area contributed by atoms with E-state index in [1.54, 1.807) is 6.92 Å². The fourth-order valence-electron chi connectivity index (χ4n) is 2.84. The Morgan fingerprint density at radius 2 is 1.91 bits per heavy atom. The van der Waals surface area contributed by atoms with Gasteiger partial charge in [0.1, 0.15) is 0 Å². The molecule has 1 aliphatic rings. The van der Waals surface area contributed by atoms with E-state index >= 15 is 0 Å². The highest BCUT2D eigenvalue weighted by molar-refractivity contribution is 5.81. The molecule has 122 valence electrons. The standard InChI is InChI=1S/C17H27N3O2/c1-13(18)16(21)19-12-17(8-10-22-11-9-17)20-14(2)15-6-4-3-5-7-15/h3-7,13-14,20H,8-12,18H2,1-2H3,(H,19,21)/t13-,14?/m1/s1. The summed E-state index contributed by atoms with van der Waals surface area (Å²) in [6.07, 6.45) is 1.76.